The lowest BCUT2D eigenvalue weighted by molar-refractivity contribution is 0.0940. The lowest BCUT2D eigenvalue weighted by Gasteiger charge is -2.38. The van der Waals surface area contributed by atoms with Crippen molar-refractivity contribution in [3.63, 3.8) is 0 Å². The molecule has 2 aliphatic heterocycles. The molecule has 3 N–H and O–H groups in total. The first-order valence-corrected chi connectivity index (χ1v) is 15.7. The molecule has 1 amide bonds. The van der Waals surface area contributed by atoms with E-state index in [2.05, 4.69) is 54.3 Å². The second-order valence-electron chi connectivity index (χ2n) is 12.6. The minimum absolute atomic E-state index is 0.125. The number of piperazine rings is 1. The van der Waals surface area contributed by atoms with Crippen LogP contribution in [0.1, 0.15) is 60.9 Å². The lowest BCUT2D eigenvalue weighted by Crippen LogP contribution is -2.50. The van der Waals surface area contributed by atoms with E-state index >= 15 is 0 Å². The molecule has 226 valence electrons. The summed E-state index contributed by atoms with van der Waals surface area (Å²) in [6.45, 7) is 9.10. The third kappa shape index (κ3) is 6.68. The summed E-state index contributed by atoms with van der Waals surface area (Å²) in [5.74, 6) is 1.42. The Morgan fingerprint density at radius 3 is 2.33 bits per heavy atom. The van der Waals surface area contributed by atoms with Gasteiger partial charge in [0.1, 0.15) is 0 Å². The van der Waals surface area contributed by atoms with Crippen molar-refractivity contribution in [3.05, 3.63) is 41.7 Å². The van der Waals surface area contributed by atoms with E-state index in [1.54, 1.807) is 6.33 Å². The number of nitrogens with zero attached hydrogens (tertiary/aromatic N) is 8. The van der Waals surface area contributed by atoms with Gasteiger partial charge >= 0.3 is 0 Å². The summed E-state index contributed by atoms with van der Waals surface area (Å²) < 4.78 is 1.83. The molecule has 2 aromatic heterocycles. The smallest absolute Gasteiger partial charge is 0.269 e. The van der Waals surface area contributed by atoms with Crippen LogP contribution in [-0.4, -0.2) is 99.0 Å². The van der Waals surface area contributed by atoms with Gasteiger partial charge in [-0.3, -0.25) is 20.1 Å². The van der Waals surface area contributed by atoms with Crippen molar-refractivity contribution in [2.24, 2.45) is 13.0 Å². The zero-order chi connectivity index (χ0) is 29.1. The summed E-state index contributed by atoms with van der Waals surface area (Å²) in [4.78, 5) is 34.6. The molecule has 2 saturated heterocycles. The van der Waals surface area contributed by atoms with Gasteiger partial charge in [0.15, 0.2) is 17.0 Å². The Hall–Kier alpha value is -3.28. The number of amides is 1. The number of imidazole rings is 1. The number of likely N-dealkylation sites (tertiary alicyclic amines) is 1. The molecule has 6 rings (SSSR count). The van der Waals surface area contributed by atoms with E-state index in [0.29, 0.717) is 22.5 Å². The molecular formula is C31H46N10O. The van der Waals surface area contributed by atoms with E-state index in [0.717, 1.165) is 64.3 Å². The molecular weight excluding hydrogens is 528 g/mol. The number of benzene rings is 1. The number of fused-ring (bicyclic) bond motifs is 1. The van der Waals surface area contributed by atoms with Crippen LogP contribution in [0, 0.1) is 5.92 Å². The van der Waals surface area contributed by atoms with Crippen LogP contribution in [0.5, 0.6) is 0 Å². The van der Waals surface area contributed by atoms with Gasteiger partial charge in [-0.2, -0.15) is 9.97 Å². The number of piperidine rings is 1. The number of nitrogens with two attached hydrogens (primary N) is 1. The molecule has 0 radical (unpaired) electrons. The first-order valence-electron chi connectivity index (χ1n) is 15.7. The molecule has 0 spiro atoms. The fourth-order valence-electron chi connectivity index (χ4n) is 6.77. The highest BCUT2D eigenvalue weighted by molar-refractivity contribution is 5.96. The van der Waals surface area contributed by atoms with Crippen LogP contribution in [0.3, 0.4) is 0 Å². The number of anilines is 2. The summed E-state index contributed by atoms with van der Waals surface area (Å²) in [6.07, 6.45) is 9.75. The number of carbonyl (C=O) groups is 1. The van der Waals surface area contributed by atoms with E-state index in [1.165, 1.54) is 44.5 Å². The summed E-state index contributed by atoms with van der Waals surface area (Å²) >= 11 is 0. The Kier molecular flexibility index (Phi) is 8.87. The zero-order valence-electron chi connectivity index (χ0n) is 25.2. The van der Waals surface area contributed by atoms with E-state index in [-0.39, 0.29) is 17.9 Å². The Bertz CT molecular complexity index is 1340. The number of carbonyl (C=O) groups excluding carboxylic acids is 1. The Labute approximate surface area is 249 Å². The van der Waals surface area contributed by atoms with Crippen LogP contribution >= 0.6 is 0 Å². The molecule has 3 fully saturated rings. The average molecular weight is 575 g/mol. The Morgan fingerprint density at radius 2 is 1.62 bits per heavy atom. The number of aromatic nitrogens is 4. The lowest BCUT2D eigenvalue weighted by atomic mass is 9.95. The summed E-state index contributed by atoms with van der Waals surface area (Å²) in [5.41, 5.74) is 12.4. The zero-order valence-corrected chi connectivity index (χ0v) is 25.2. The molecule has 42 heavy (non-hydrogen) atoms. The molecule has 11 heteroatoms. The minimum Gasteiger partial charge on any atom is -0.368 e. The first-order chi connectivity index (χ1) is 20.4. The number of aryl methyl sites for hydroxylation is 1. The molecule has 3 aromatic rings. The van der Waals surface area contributed by atoms with E-state index < -0.39 is 0 Å². The van der Waals surface area contributed by atoms with Gasteiger partial charge in [-0.25, -0.2) is 4.98 Å². The monoisotopic (exact) mass is 574 g/mol. The fourth-order valence-corrected chi connectivity index (χ4v) is 6.77. The third-order valence-corrected chi connectivity index (χ3v) is 9.39. The van der Waals surface area contributed by atoms with Crippen LogP contribution in [0.2, 0.25) is 0 Å². The van der Waals surface area contributed by atoms with Gasteiger partial charge in [0.05, 0.1) is 12.4 Å². The minimum atomic E-state index is -0.157. The van der Waals surface area contributed by atoms with E-state index in [9.17, 15) is 4.79 Å². The van der Waals surface area contributed by atoms with Crippen LogP contribution in [0.15, 0.2) is 30.6 Å². The molecule has 1 aromatic carbocycles. The van der Waals surface area contributed by atoms with Crippen molar-refractivity contribution < 1.29 is 4.79 Å². The van der Waals surface area contributed by atoms with Gasteiger partial charge in [0.2, 0.25) is 5.95 Å². The number of nitrogens with one attached hydrogen (secondary N) is 1. The van der Waals surface area contributed by atoms with Crippen LogP contribution in [-0.2, 0) is 13.6 Å². The predicted molar refractivity (Wildman–Crippen MR) is 166 cm³/mol. The van der Waals surface area contributed by atoms with Crippen molar-refractivity contribution >= 4 is 28.8 Å². The normalized spacial score (nSPS) is 20.2. The van der Waals surface area contributed by atoms with Crippen molar-refractivity contribution in [3.8, 4) is 0 Å². The number of hydrogen-bond donors (Lipinski definition) is 2. The second kappa shape index (κ2) is 12.9. The number of hydrazine groups is 1. The number of rotatable bonds is 8. The molecule has 11 nitrogen and oxygen atoms in total. The average Bonchev–Trinajstić information content (AvgIpc) is 3.38. The van der Waals surface area contributed by atoms with Crippen LogP contribution < -0.4 is 16.2 Å². The maximum Gasteiger partial charge on any atom is 0.269 e. The maximum atomic E-state index is 13.5. The number of hydrogen-bond acceptors (Lipinski definition) is 9. The highest BCUT2D eigenvalue weighted by atomic mass is 16.2. The predicted octanol–water partition coefficient (Wildman–Crippen LogP) is 2.89. The molecule has 1 aliphatic carbocycles. The van der Waals surface area contributed by atoms with Gasteiger partial charge in [0.25, 0.3) is 5.91 Å². The van der Waals surface area contributed by atoms with Gasteiger partial charge in [-0.15, -0.1) is 0 Å². The molecule has 0 atom stereocenters. The topological polar surface area (TPSA) is 112 Å². The number of nitrogen functional groups attached to an aromatic ring is 1. The summed E-state index contributed by atoms with van der Waals surface area (Å²) in [7, 11) is 4.11. The van der Waals surface area contributed by atoms with Crippen molar-refractivity contribution in [1.29, 1.82) is 0 Å². The molecule has 0 bridgehead atoms. The fraction of sp³-hybridized carbons (Fsp3) is 0.613. The van der Waals surface area contributed by atoms with Gasteiger partial charge in [-0.1, -0.05) is 31.4 Å². The SMILES string of the molecule is CN1CCC(CN2CCN(Cc3ccc(C(=O)NN(c4nc(N)nc5c4ncn5C)C4CCCCC4)cc3)CC2)CC1. The molecule has 3 aliphatic rings. The van der Waals surface area contributed by atoms with Gasteiger partial charge in [-0.05, 0) is 69.4 Å². The second-order valence-corrected chi connectivity index (χ2v) is 12.6. The molecule has 0 unspecified atom stereocenters. The van der Waals surface area contributed by atoms with Crippen LogP contribution in [0.4, 0.5) is 11.8 Å². The van der Waals surface area contributed by atoms with Crippen molar-refractivity contribution in [2.45, 2.75) is 57.5 Å². The summed E-state index contributed by atoms with van der Waals surface area (Å²) in [5, 5.41) is 1.90. The third-order valence-electron chi connectivity index (χ3n) is 9.39. The quantitative estimate of drug-likeness (QED) is 0.392. The maximum absolute atomic E-state index is 13.5. The Morgan fingerprint density at radius 1 is 0.929 bits per heavy atom. The largest absolute Gasteiger partial charge is 0.368 e. The van der Waals surface area contributed by atoms with E-state index in [4.69, 9.17) is 5.73 Å². The van der Waals surface area contributed by atoms with Gasteiger partial charge in [0, 0.05) is 51.9 Å². The highest BCUT2D eigenvalue weighted by Gasteiger charge is 2.28. The molecule has 4 heterocycles. The van der Waals surface area contributed by atoms with E-state index in [1.807, 2.05) is 28.8 Å². The highest BCUT2D eigenvalue weighted by Crippen LogP contribution is 2.29. The first kappa shape index (κ1) is 28.8. The van der Waals surface area contributed by atoms with Crippen molar-refractivity contribution in [1.82, 2.24) is 39.6 Å². The van der Waals surface area contributed by atoms with Gasteiger partial charge < -0.3 is 20.1 Å². The molecule has 1 saturated carbocycles. The van der Waals surface area contributed by atoms with Crippen molar-refractivity contribution in [2.75, 3.05) is 63.6 Å². The van der Waals surface area contributed by atoms with Crippen LogP contribution in [0.25, 0.3) is 11.2 Å². The Balaban J connectivity index is 1.07. The summed E-state index contributed by atoms with van der Waals surface area (Å²) in [6, 6.07) is 8.17. The standard InChI is InChI=1S/C31H46N10O/c1-37-14-12-24(13-15-37)21-40-18-16-39(17-19-40)20-23-8-10-25(11-9-23)30(42)36-41(26-6-4-3-5-7-26)29-27-28(34-31(32)35-29)38(2)22-33-27/h8-11,22,24,26H,3-7,12-21H2,1-2H3,(H,36,42)(H2,32,34,35).